The minimum atomic E-state index is 0.295. The van der Waals surface area contributed by atoms with E-state index in [1.54, 1.807) is 0 Å². The van der Waals surface area contributed by atoms with E-state index in [-0.39, 0.29) is 0 Å². The monoisotopic (exact) mass is 171 g/mol. The van der Waals surface area contributed by atoms with Gasteiger partial charge in [0.15, 0.2) is 0 Å². The molecule has 0 aliphatic carbocycles. The van der Waals surface area contributed by atoms with Gasteiger partial charge in [-0.05, 0) is 0 Å². The highest BCUT2D eigenvalue weighted by molar-refractivity contribution is 6.29. The predicted octanol–water partition coefficient (Wildman–Crippen LogP) is 0.885. The summed E-state index contributed by atoms with van der Waals surface area (Å²) in [6, 6.07) is 1.48. The molecule has 4 nitrogen and oxygen atoms in total. The fourth-order valence-electron chi connectivity index (χ4n) is 0.629. The van der Waals surface area contributed by atoms with Crippen molar-refractivity contribution in [3.8, 4) is 0 Å². The number of rotatable bonds is 2. The molecule has 58 valence electrons. The Morgan fingerprint density at radius 2 is 2.45 bits per heavy atom. The summed E-state index contributed by atoms with van der Waals surface area (Å²) in [5.41, 5.74) is 6.30. The van der Waals surface area contributed by atoms with Gasteiger partial charge < -0.3 is 11.1 Å². The molecule has 1 rings (SSSR count). The van der Waals surface area contributed by atoms with Crippen molar-refractivity contribution >= 4 is 29.4 Å². The Balaban J connectivity index is 3.01. The second-order valence-electron chi connectivity index (χ2n) is 1.86. The van der Waals surface area contributed by atoms with Crippen LogP contribution in [0, 0.1) is 0 Å². The molecule has 0 radical (unpaired) electrons. The molecule has 0 aliphatic rings. The van der Waals surface area contributed by atoms with Crippen molar-refractivity contribution in [1.29, 1.82) is 0 Å². The summed E-state index contributed by atoms with van der Waals surface area (Å²) in [7, 11) is 0. The second kappa shape index (κ2) is 3.21. The van der Waals surface area contributed by atoms with Crippen molar-refractivity contribution in [2.75, 3.05) is 11.1 Å². The van der Waals surface area contributed by atoms with E-state index >= 15 is 0 Å². The van der Waals surface area contributed by atoms with E-state index in [4.69, 9.17) is 17.3 Å². The Hall–Kier alpha value is -1.29. The Kier molecular flexibility index (Phi) is 2.28. The van der Waals surface area contributed by atoms with Gasteiger partial charge in [0.05, 0.1) is 17.6 Å². The number of halogens is 1. The molecule has 0 saturated carbocycles. The molecule has 1 aromatic rings. The lowest BCUT2D eigenvalue weighted by Gasteiger charge is -2.01. The van der Waals surface area contributed by atoms with Crippen LogP contribution in [-0.2, 0) is 4.79 Å². The van der Waals surface area contributed by atoms with Crippen molar-refractivity contribution in [3.63, 3.8) is 0 Å². The van der Waals surface area contributed by atoms with Gasteiger partial charge in [0.25, 0.3) is 0 Å². The number of pyridine rings is 1. The molecule has 5 heteroatoms. The summed E-state index contributed by atoms with van der Waals surface area (Å²) >= 11 is 5.53. The fraction of sp³-hybridized carbons (Fsp3) is 0. The summed E-state index contributed by atoms with van der Waals surface area (Å²) in [5.74, 6) is 0. The van der Waals surface area contributed by atoms with E-state index in [0.29, 0.717) is 22.9 Å². The SMILES string of the molecule is Nc1cnc(Cl)cc1NC=O. The maximum atomic E-state index is 10.0. The number of hydrogen-bond acceptors (Lipinski definition) is 3. The minimum Gasteiger partial charge on any atom is -0.396 e. The standard InChI is InChI=1S/C6H6ClN3O/c7-6-1-5(10-3-11)4(8)2-9-6/h1-3H,8H2,(H,9,10,11). The summed E-state index contributed by atoms with van der Waals surface area (Å²) in [5, 5.41) is 2.68. The number of carbonyl (C=O) groups is 1. The summed E-state index contributed by atoms with van der Waals surface area (Å²) in [6.07, 6.45) is 1.91. The van der Waals surface area contributed by atoms with E-state index in [0.717, 1.165) is 0 Å². The zero-order valence-corrected chi connectivity index (χ0v) is 6.30. The Labute approximate surface area is 68.4 Å². The van der Waals surface area contributed by atoms with E-state index in [2.05, 4.69) is 10.3 Å². The topological polar surface area (TPSA) is 68.0 Å². The van der Waals surface area contributed by atoms with Gasteiger partial charge in [0, 0.05) is 6.07 Å². The predicted molar refractivity (Wildman–Crippen MR) is 43.3 cm³/mol. The zero-order valence-electron chi connectivity index (χ0n) is 5.54. The number of nitrogens with one attached hydrogen (secondary N) is 1. The lowest BCUT2D eigenvalue weighted by molar-refractivity contribution is -0.105. The molecule has 11 heavy (non-hydrogen) atoms. The third-order valence-corrected chi connectivity index (χ3v) is 1.32. The highest BCUT2D eigenvalue weighted by atomic mass is 35.5. The lowest BCUT2D eigenvalue weighted by Crippen LogP contribution is -1.99. The van der Waals surface area contributed by atoms with Gasteiger partial charge in [-0.15, -0.1) is 0 Å². The van der Waals surface area contributed by atoms with Crippen molar-refractivity contribution < 1.29 is 4.79 Å². The van der Waals surface area contributed by atoms with Gasteiger partial charge in [-0.25, -0.2) is 4.98 Å². The average Bonchev–Trinajstić information content (AvgIpc) is 1.98. The summed E-state index contributed by atoms with van der Waals surface area (Å²) in [4.78, 5) is 13.7. The molecule has 0 unspecified atom stereocenters. The van der Waals surface area contributed by atoms with Gasteiger partial charge in [0.2, 0.25) is 6.41 Å². The van der Waals surface area contributed by atoms with Crippen molar-refractivity contribution in [2.24, 2.45) is 0 Å². The van der Waals surface area contributed by atoms with Crippen LogP contribution in [0.25, 0.3) is 0 Å². The van der Waals surface area contributed by atoms with Crippen LogP contribution < -0.4 is 11.1 Å². The van der Waals surface area contributed by atoms with Crippen molar-refractivity contribution in [2.45, 2.75) is 0 Å². The molecule has 1 amide bonds. The molecular weight excluding hydrogens is 166 g/mol. The molecule has 0 bridgehead atoms. The largest absolute Gasteiger partial charge is 0.396 e. The number of aromatic nitrogens is 1. The van der Waals surface area contributed by atoms with Crippen LogP contribution in [0.3, 0.4) is 0 Å². The quantitative estimate of drug-likeness (QED) is 0.513. The summed E-state index contributed by atoms with van der Waals surface area (Å²) in [6.45, 7) is 0. The minimum absolute atomic E-state index is 0.295. The Morgan fingerprint density at radius 1 is 1.73 bits per heavy atom. The highest BCUT2D eigenvalue weighted by Crippen LogP contribution is 2.19. The smallest absolute Gasteiger partial charge is 0.211 e. The van der Waals surface area contributed by atoms with Crippen LogP contribution in [-0.4, -0.2) is 11.4 Å². The van der Waals surface area contributed by atoms with Gasteiger partial charge >= 0.3 is 0 Å². The third kappa shape index (κ3) is 1.81. The van der Waals surface area contributed by atoms with Crippen molar-refractivity contribution in [1.82, 2.24) is 4.98 Å². The maximum Gasteiger partial charge on any atom is 0.211 e. The van der Waals surface area contributed by atoms with Crippen LogP contribution in [0.4, 0.5) is 11.4 Å². The molecule has 0 spiro atoms. The number of nitrogens with zero attached hydrogens (tertiary/aromatic N) is 1. The zero-order chi connectivity index (χ0) is 8.27. The molecule has 0 aromatic carbocycles. The number of nitrogen functional groups attached to an aromatic ring is 1. The van der Waals surface area contributed by atoms with Crippen LogP contribution in [0.15, 0.2) is 12.3 Å². The molecule has 3 N–H and O–H groups in total. The van der Waals surface area contributed by atoms with Gasteiger partial charge in [0.1, 0.15) is 5.15 Å². The number of nitrogens with two attached hydrogens (primary N) is 1. The van der Waals surface area contributed by atoms with Crippen LogP contribution in [0.5, 0.6) is 0 Å². The summed E-state index contributed by atoms with van der Waals surface area (Å²) < 4.78 is 0. The Bertz CT molecular complexity index is 277. The number of anilines is 2. The third-order valence-electron chi connectivity index (χ3n) is 1.12. The first kappa shape index (κ1) is 7.81. The average molecular weight is 172 g/mol. The van der Waals surface area contributed by atoms with E-state index in [1.165, 1.54) is 12.3 Å². The maximum absolute atomic E-state index is 10.0. The number of hydrogen-bond donors (Lipinski definition) is 2. The van der Waals surface area contributed by atoms with E-state index < -0.39 is 0 Å². The van der Waals surface area contributed by atoms with E-state index in [1.807, 2.05) is 0 Å². The Morgan fingerprint density at radius 3 is 3.09 bits per heavy atom. The molecule has 1 aromatic heterocycles. The molecule has 0 saturated heterocycles. The molecule has 0 fully saturated rings. The molecule has 0 atom stereocenters. The number of carbonyl (C=O) groups excluding carboxylic acids is 1. The molecular formula is C6H6ClN3O. The molecule has 1 heterocycles. The highest BCUT2D eigenvalue weighted by Gasteiger charge is 1.98. The van der Waals surface area contributed by atoms with Gasteiger partial charge in [-0.1, -0.05) is 11.6 Å². The van der Waals surface area contributed by atoms with Crippen LogP contribution >= 0.6 is 11.6 Å². The number of amides is 1. The first-order valence-corrected chi connectivity index (χ1v) is 3.23. The fourth-order valence-corrected chi connectivity index (χ4v) is 0.787. The lowest BCUT2D eigenvalue weighted by atomic mass is 10.3. The van der Waals surface area contributed by atoms with Crippen molar-refractivity contribution in [3.05, 3.63) is 17.4 Å². The molecule has 0 aliphatic heterocycles. The van der Waals surface area contributed by atoms with Gasteiger partial charge in [-0.3, -0.25) is 4.79 Å². The normalized spacial score (nSPS) is 9.18. The van der Waals surface area contributed by atoms with Crippen LogP contribution in [0.1, 0.15) is 0 Å². The second-order valence-corrected chi connectivity index (χ2v) is 2.24. The first-order valence-electron chi connectivity index (χ1n) is 2.85. The van der Waals surface area contributed by atoms with E-state index in [9.17, 15) is 4.79 Å². The van der Waals surface area contributed by atoms with Crippen LogP contribution in [0.2, 0.25) is 5.15 Å². The first-order chi connectivity index (χ1) is 5.24. The van der Waals surface area contributed by atoms with Gasteiger partial charge in [-0.2, -0.15) is 0 Å².